The van der Waals surface area contributed by atoms with Crippen molar-refractivity contribution in [1.29, 1.82) is 0 Å². The van der Waals surface area contributed by atoms with Gasteiger partial charge in [0.25, 0.3) is 6.29 Å². The Bertz CT molecular complexity index is 2420. The Labute approximate surface area is 580 Å². The van der Waals surface area contributed by atoms with Gasteiger partial charge in [-0.3, -0.25) is 9.59 Å². The molecule has 0 aromatic rings. The first-order chi connectivity index (χ1) is 46.6. The van der Waals surface area contributed by atoms with Crippen molar-refractivity contribution in [2.45, 2.75) is 245 Å². The lowest BCUT2D eigenvalue weighted by Gasteiger charge is -2.25. The van der Waals surface area contributed by atoms with Crippen LogP contribution in [0.15, 0.2) is 231 Å². The summed E-state index contributed by atoms with van der Waals surface area (Å²) in [7, 11) is 5.94. The minimum Gasteiger partial charge on any atom is -0.477 e. The molecule has 0 saturated carbocycles. The molecule has 95 heavy (non-hydrogen) atoms. The molecule has 0 bridgehead atoms. The van der Waals surface area contributed by atoms with E-state index < -0.39 is 24.3 Å². The summed E-state index contributed by atoms with van der Waals surface area (Å²) in [5.41, 5.74) is 0. The molecule has 0 rings (SSSR count). The first-order valence-corrected chi connectivity index (χ1v) is 36.5. The number of hydrogen-bond donors (Lipinski definition) is 1. The fourth-order valence-corrected chi connectivity index (χ4v) is 8.91. The molecular weight excluding hydrogens is 1170 g/mol. The average Bonchev–Trinajstić information content (AvgIpc) is 2.92. The highest BCUT2D eigenvalue weighted by atomic mass is 16.7. The lowest BCUT2D eigenvalue weighted by atomic mass is 10.1. The topological polar surface area (TPSA) is 108 Å². The predicted octanol–water partition coefficient (Wildman–Crippen LogP) is 23.5. The fourth-order valence-electron chi connectivity index (χ4n) is 8.91. The monoisotopic (exact) mass is 1310 g/mol. The number of carbonyl (C=O) groups excluding carboxylic acids is 2. The van der Waals surface area contributed by atoms with Gasteiger partial charge in [0.1, 0.15) is 13.2 Å². The summed E-state index contributed by atoms with van der Waals surface area (Å²) in [5, 5.41) is 9.75. The van der Waals surface area contributed by atoms with Crippen LogP contribution >= 0.6 is 0 Å². The molecule has 9 heteroatoms. The quantitative estimate of drug-likeness (QED) is 0.0211. The van der Waals surface area contributed by atoms with Crippen molar-refractivity contribution in [3.05, 3.63) is 231 Å². The number of aliphatic carboxylic acids is 1. The van der Waals surface area contributed by atoms with Gasteiger partial charge >= 0.3 is 17.9 Å². The molecule has 0 aliphatic carbocycles. The Morgan fingerprint density at radius 3 is 0.863 bits per heavy atom. The number of rotatable bonds is 64. The summed E-state index contributed by atoms with van der Waals surface area (Å²) in [6.45, 7) is 4.56. The summed E-state index contributed by atoms with van der Waals surface area (Å²) in [6, 6.07) is 0. The molecule has 9 nitrogen and oxygen atoms in total. The van der Waals surface area contributed by atoms with Gasteiger partial charge in [-0.2, -0.15) is 0 Å². The largest absolute Gasteiger partial charge is 0.477 e. The molecule has 0 aliphatic heterocycles. The molecule has 0 fully saturated rings. The van der Waals surface area contributed by atoms with Crippen LogP contribution in [0.5, 0.6) is 0 Å². The summed E-state index contributed by atoms with van der Waals surface area (Å²) in [6.07, 6.45) is 114. The molecule has 0 aromatic carbocycles. The number of hydrogen-bond acceptors (Lipinski definition) is 7. The number of nitrogens with zero attached hydrogens (tertiary/aromatic N) is 1. The van der Waals surface area contributed by atoms with Crippen LogP contribution in [0.25, 0.3) is 0 Å². The van der Waals surface area contributed by atoms with E-state index in [1.807, 2.05) is 21.1 Å². The smallest absolute Gasteiger partial charge is 0.361 e. The highest BCUT2D eigenvalue weighted by molar-refractivity contribution is 5.71. The summed E-state index contributed by atoms with van der Waals surface area (Å²) >= 11 is 0. The Morgan fingerprint density at radius 2 is 0.568 bits per heavy atom. The van der Waals surface area contributed by atoms with Crippen molar-refractivity contribution in [2.24, 2.45) is 0 Å². The van der Waals surface area contributed by atoms with Gasteiger partial charge in [0.05, 0.1) is 34.4 Å². The van der Waals surface area contributed by atoms with Gasteiger partial charge in [-0.05, 0) is 161 Å². The number of carboxylic acid groups (broad SMARTS) is 1. The normalized spacial score (nSPS) is 14.1. The molecular formula is C86H132NO8+. The van der Waals surface area contributed by atoms with E-state index in [0.717, 1.165) is 167 Å². The van der Waals surface area contributed by atoms with Crippen molar-refractivity contribution in [1.82, 2.24) is 0 Å². The Balaban J connectivity index is 4.30. The van der Waals surface area contributed by atoms with Gasteiger partial charge in [0, 0.05) is 12.8 Å². The third-order valence-electron chi connectivity index (χ3n) is 14.4. The second kappa shape index (κ2) is 73.2. The minimum atomic E-state index is -1.54. The van der Waals surface area contributed by atoms with E-state index in [-0.39, 0.29) is 38.6 Å². The third-order valence-corrected chi connectivity index (χ3v) is 14.4. The predicted molar refractivity (Wildman–Crippen MR) is 409 cm³/mol. The minimum absolute atomic E-state index is 0.165. The number of ether oxygens (including phenoxy) is 4. The number of esters is 2. The van der Waals surface area contributed by atoms with Crippen molar-refractivity contribution in [3.8, 4) is 0 Å². The van der Waals surface area contributed by atoms with Crippen LogP contribution in [0.3, 0.4) is 0 Å². The van der Waals surface area contributed by atoms with Crippen LogP contribution in [0.4, 0.5) is 0 Å². The molecule has 2 atom stereocenters. The van der Waals surface area contributed by atoms with E-state index in [1.54, 1.807) is 0 Å². The number of quaternary nitrogens is 1. The van der Waals surface area contributed by atoms with Gasteiger partial charge in [-0.25, -0.2) is 4.79 Å². The van der Waals surface area contributed by atoms with Crippen LogP contribution in [0.2, 0.25) is 0 Å². The molecule has 0 spiro atoms. The molecule has 0 radical (unpaired) electrons. The number of carbonyl (C=O) groups is 3. The molecule has 2 unspecified atom stereocenters. The highest BCUT2D eigenvalue weighted by Gasteiger charge is 2.25. The number of carboxylic acids is 1. The molecule has 0 heterocycles. The number of likely N-dealkylation sites (N-methyl/N-ethyl adjacent to an activating group) is 1. The third kappa shape index (κ3) is 74.6. The zero-order valence-corrected chi connectivity index (χ0v) is 60.2. The van der Waals surface area contributed by atoms with Crippen molar-refractivity contribution >= 4 is 17.9 Å². The maximum absolute atomic E-state index is 12.9. The van der Waals surface area contributed by atoms with Crippen LogP contribution < -0.4 is 0 Å². The van der Waals surface area contributed by atoms with E-state index >= 15 is 0 Å². The SMILES string of the molecule is CC/C=C\C/C=C\C/C=C\C/C=C\C/C=C\C/C=C\C/C=C\C/C=C\C/C=C\C/C=C\C/C=C\C/C=C\CCCCC(=O)OC(COC(=O)CCCCCCCCCCC/C=C\C/C=C\C/C=C\C/C=C\C/C=C\C/C=C\C/C=C\CC)COC(OCC[N+](C)(C)C)C(=O)O. The maximum Gasteiger partial charge on any atom is 0.361 e. The average molecular weight is 1310 g/mol. The second-order valence-corrected chi connectivity index (χ2v) is 24.4. The van der Waals surface area contributed by atoms with Crippen molar-refractivity contribution in [2.75, 3.05) is 47.5 Å². The first kappa shape index (κ1) is 88.4. The maximum atomic E-state index is 12.9. The van der Waals surface area contributed by atoms with Crippen LogP contribution in [0, 0.1) is 0 Å². The Hall–Kier alpha value is -6.65. The summed E-state index contributed by atoms with van der Waals surface area (Å²) in [5.74, 6) is -2.10. The standard InChI is InChI=1S/C86H131NO8/c1-6-8-10-12-14-16-18-20-22-24-26-28-30-32-34-36-38-39-40-41-42-43-44-45-47-49-51-53-55-57-59-61-63-65-67-69-71-73-75-77-84(89)95-82(81-94-86(85(90)91)92-79-78-87(3,4)5)80-93-83(88)76-74-72-70-68-66-64-62-60-58-56-54-52-50-48-46-37-35-33-31-29-27-25-23-21-19-17-15-13-11-9-7-2/h8-11,14-17,20-23,26-29,32-35,38-39,41-42,44-46,48-49,51-52,54-55,57,61,63,67,69,82,86H,6-7,12-13,18-19,24-25,30-31,36-37,40,43,47,50,53,56,58-60,62,64-66,68,70-81H2,1-5H3/p+1/b10-8-,11-9-,16-14-,17-15-,22-20-,23-21-,28-26-,29-27-,34-32-,35-33-,39-38-,42-41-,45-44-,48-46-,51-49-,54-52-,57-55-,63-61-,69-67-. The molecule has 0 saturated heterocycles. The zero-order valence-electron chi connectivity index (χ0n) is 60.2. The van der Waals surface area contributed by atoms with Crippen LogP contribution in [-0.4, -0.2) is 87.4 Å². The fraction of sp³-hybridized carbons (Fsp3) is 0.523. The molecule has 528 valence electrons. The van der Waals surface area contributed by atoms with Gasteiger partial charge in [-0.15, -0.1) is 0 Å². The van der Waals surface area contributed by atoms with Gasteiger partial charge in [0.15, 0.2) is 6.10 Å². The van der Waals surface area contributed by atoms with Gasteiger partial charge in [-0.1, -0.05) is 290 Å². The van der Waals surface area contributed by atoms with Crippen LogP contribution in [0.1, 0.15) is 232 Å². The van der Waals surface area contributed by atoms with Crippen molar-refractivity contribution < 1.29 is 42.9 Å². The molecule has 0 amide bonds. The van der Waals surface area contributed by atoms with Gasteiger partial charge in [0.2, 0.25) is 0 Å². The number of allylic oxidation sites excluding steroid dienone is 38. The highest BCUT2D eigenvalue weighted by Crippen LogP contribution is 2.14. The molecule has 0 aromatic heterocycles. The Morgan fingerprint density at radius 1 is 0.316 bits per heavy atom. The van der Waals surface area contributed by atoms with E-state index in [0.29, 0.717) is 17.4 Å². The zero-order chi connectivity index (χ0) is 69.0. The number of unbranched alkanes of at least 4 members (excludes halogenated alkanes) is 11. The van der Waals surface area contributed by atoms with E-state index in [2.05, 4.69) is 245 Å². The first-order valence-electron chi connectivity index (χ1n) is 36.5. The second-order valence-electron chi connectivity index (χ2n) is 24.4. The van der Waals surface area contributed by atoms with E-state index in [1.165, 1.54) is 32.1 Å². The van der Waals surface area contributed by atoms with E-state index in [4.69, 9.17) is 18.9 Å². The van der Waals surface area contributed by atoms with Gasteiger partial charge < -0.3 is 28.5 Å². The summed E-state index contributed by atoms with van der Waals surface area (Å²) in [4.78, 5) is 37.6. The van der Waals surface area contributed by atoms with Crippen LogP contribution in [-0.2, 0) is 33.3 Å². The molecule has 0 aliphatic rings. The Kier molecular flexibility index (Phi) is 68.0. The summed E-state index contributed by atoms with van der Waals surface area (Å²) < 4.78 is 22.9. The lowest BCUT2D eigenvalue weighted by molar-refractivity contribution is -0.870. The lowest BCUT2D eigenvalue weighted by Crippen LogP contribution is -2.40. The van der Waals surface area contributed by atoms with E-state index in [9.17, 15) is 19.5 Å². The molecule has 1 N–H and O–H groups in total. The van der Waals surface area contributed by atoms with Crippen molar-refractivity contribution in [3.63, 3.8) is 0 Å².